The van der Waals surface area contributed by atoms with Gasteiger partial charge in [0.1, 0.15) is 12.5 Å². The molecule has 1 saturated heterocycles. The highest BCUT2D eigenvalue weighted by molar-refractivity contribution is 6.01. The number of aromatic nitrogens is 1. The SMILES string of the molecule is CN1CCN(c2cc3ncc(C=O)c(NN(C)c4ccccc4CF)c3cc2F)CC1. The monoisotopic (exact) mass is 425 g/mol. The van der Waals surface area contributed by atoms with Crippen molar-refractivity contribution >= 4 is 34.3 Å². The van der Waals surface area contributed by atoms with Gasteiger partial charge in [-0.2, -0.15) is 0 Å². The first-order valence-electron chi connectivity index (χ1n) is 10.2. The van der Waals surface area contributed by atoms with E-state index in [1.54, 1.807) is 42.4 Å². The molecule has 1 N–H and O–H groups in total. The molecule has 0 unspecified atom stereocenters. The molecule has 1 aliphatic heterocycles. The van der Waals surface area contributed by atoms with Crippen LogP contribution in [0.1, 0.15) is 15.9 Å². The van der Waals surface area contributed by atoms with Gasteiger partial charge in [0, 0.05) is 50.4 Å². The predicted octanol–water partition coefficient (Wildman–Crippen LogP) is 3.87. The topological polar surface area (TPSA) is 51.7 Å². The molecule has 0 spiro atoms. The van der Waals surface area contributed by atoms with Crippen molar-refractivity contribution in [3.63, 3.8) is 0 Å². The summed E-state index contributed by atoms with van der Waals surface area (Å²) in [5, 5.41) is 2.12. The van der Waals surface area contributed by atoms with Crippen molar-refractivity contribution in [2.75, 3.05) is 55.6 Å². The van der Waals surface area contributed by atoms with Gasteiger partial charge in [0.05, 0.1) is 28.1 Å². The van der Waals surface area contributed by atoms with Crippen molar-refractivity contribution in [1.82, 2.24) is 9.88 Å². The van der Waals surface area contributed by atoms with Gasteiger partial charge in [-0.1, -0.05) is 18.2 Å². The molecule has 3 aromatic rings. The fourth-order valence-electron chi connectivity index (χ4n) is 3.90. The van der Waals surface area contributed by atoms with Gasteiger partial charge in [-0.25, -0.2) is 8.78 Å². The molecule has 8 heteroatoms. The van der Waals surface area contributed by atoms with E-state index < -0.39 is 6.67 Å². The quantitative estimate of drug-likeness (QED) is 0.478. The Hall–Kier alpha value is -3.26. The maximum absolute atomic E-state index is 15.1. The molecular formula is C23H25F2N5O. The molecule has 1 fully saturated rings. The molecule has 0 radical (unpaired) electrons. The van der Waals surface area contributed by atoms with E-state index in [0.717, 1.165) is 26.2 Å². The lowest BCUT2D eigenvalue weighted by molar-refractivity contribution is 0.112. The van der Waals surface area contributed by atoms with Gasteiger partial charge in [-0.3, -0.25) is 20.2 Å². The van der Waals surface area contributed by atoms with Crippen LogP contribution in [0.15, 0.2) is 42.6 Å². The third kappa shape index (κ3) is 4.16. The first-order valence-corrected chi connectivity index (χ1v) is 10.2. The summed E-state index contributed by atoms with van der Waals surface area (Å²) in [5.74, 6) is -0.364. The summed E-state index contributed by atoms with van der Waals surface area (Å²) >= 11 is 0. The minimum absolute atomic E-state index is 0.295. The standard InChI is InChI=1S/C23H25F2N5O/c1-28-7-9-30(10-8-28)22-12-20-18(11-19(22)25)23(17(15-31)14-26-20)27-29(2)21-6-4-3-5-16(21)13-24/h3-6,11-12,14-15H,7-10,13H2,1-2H3,(H,26,27). The molecule has 2 heterocycles. The molecule has 0 bridgehead atoms. The Kier molecular flexibility index (Phi) is 5.99. The van der Waals surface area contributed by atoms with E-state index in [4.69, 9.17) is 0 Å². The number of nitrogens with one attached hydrogen (secondary N) is 1. The minimum atomic E-state index is -0.622. The Morgan fingerprint density at radius 1 is 1.19 bits per heavy atom. The second-order valence-corrected chi connectivity index (χ2v) is 7.75. The third-order valence-electron chi connectivity index (χ3n) is 5.71. The maximum atomic E-state index is 15.1. The van der Waals surface area contributed by atoms with Crippen LogP contribution in [-0.2, 0) is 6.67 Å². The number of fused-ring (bicyclic) bond motifs is 1. The molecule has 2 aromatic carbocycles. The number of piperazine rings is 1. The summed E-state index contributed by atoms with van der Waals surface area (Å²) in [6.45, 7) is 2.57. The van der Waals surface area contributed by atoms with E-state index in [2.05, 4.69) is 15.3 Å². The lowest BCUT2D eigenvalue weighted by atomic mass is 10.1. The van der Waals surface area contributed by atoms with Crippen molar-refractivity contribution in [3.8, 4) is 0 Å². The van der Waals surface area contributed by atoms with Crippen LogP contribution < -0.4 is 15.3 Å². The fraction of sp³-hybridized carbons (Fsp3) is 0.304. The van der Waals surface area contributed by atoms with E-state index >= 15 is 4.39 Å². The number of hydrogen-bond donors (Lipinski definition) is 1. The van der Waals surface area contributed by atoms with Crippen LogP contribution >= 0.6 is 0 Å². The highest BCUT2D eigenvalue weighted by Crippen LogP contribution is 2.32. The number of para-hydroxylation sites is 1. The van der Waals surface area contributed by atoms with Crippen molar-refractivity contribution in [2.24, 2.45) is 0 Å². The number of hydrazine groups is 1. The number of nitrogens with zero attached hydrogens (tertiary/aromatic N) is 4. The Bertz CT molecular complexity index is 1100. The van der Waals surface area contributed by atoms with E-state index in [1.165, 1.54) is 12.3 Å². The zero-order valence-corrected chi connectivity index (χ0v) is 17.6. The molecule has 1 aromatic heterocycles. The largest absolute Gasteiger partial charge is 0.367 e. The Morgan fingerprint density at radius 2 is 1.94 bits per heavy atom. The number of rotatable bonds is 6. The molecule has 6 nitrogen and oxygen atoms in total. The van der Waals surface area contributed by atoms with E-state index in [1.807, 2.05) is 11.9 Å². The summed E-state index contributed by atoms with van der Waals surface area (Å²) in [5.41, 5.74) is 6.08. The van der Waals surface area contributed by atoms with Crippen LogP contribution in [-0.4, -0.2) is 56.4 Å². The molecule has 1 aliphatic rings. The molecule has 0 saturated carbocycles. The van der Waals surface area contributed by atoms with Crippen LogP contribution in [0.4, 0.5) is 25.8 Å². The Balaban J connectivity index is 1.74. The van der Waals surface area contributed by atoms with Crippen molar-refractivity contribution < 1.29 is 13.6 Å². The smallest absolute Gasteiger partial charge is 0.153 e. The second kappa shape index (κ2) is 8.85. The summed E-state index contributed by atoms with van der Waals surface area (Å²) in [4.78, 5) is 20.3. The van der Waals surface area contributed by atoms with Gasteiger partial charge in [-0.05, 0) is 25.2 Å². The molecule has 0 atom stereocenters. The van der Waals surface area contributed by atoms with Crippen LogP contribution in [0, 0.1) is 5.82 Å². The van der Waals surface area contributed by atoms with Crippen LogP contribution in [0.5, 0.6) is 0 Å². The van der Waals surface area contributed by atoms with Crippen LogP contribution in [0.25, 0.3) is 10.9 Å². The second-order valence-electron chi connectivity index (χ2n) is 7.75. The van der Waals surface area contributed by atoms with E-state index in [-0.39, 0.29) is 5.82 Å². The number of anilines is 3. The van der Waals surface area contributed by atoms with Gasteiger partial charge in [0.25, 0.3) is 0 Å². The van der Waals surface area contributed by atoms with Crippen LogP contribution in [0.2, 0.25) is 0 Å². The van der Waals surface area contributed by atoms with Crippen molar-refractivity contribution in [1.29, 1.82) is 0 Å². The van der Waals surface area contributed by atoms with Gasteiger partial charge in [-0.15, -0.1) is 0 Å². The van der Waals surface area contributed by atoms with Crippen LogP contribution in [0.3, 0.4) is 0 Å². The number of pyridine rings is 1. The summed E-state index contributed by atoms with van der Waals surface area (Å²) in [7, 11) is 3.77. The molecule has 31 heavy (non-hydrogen) atoms. The van der Waals surface area contributed by atoms with E-state index in [0.29, 0.717) is 45.4 Å². The average Bonchev–Trinajstić information content (AvgIpc) is 2.79. The average molecular weight is 425 g/mol. The fourth-order valence-corrected chi connectivity index (χ4v) is 3.90. The number of benzene rings is 2. The number of carbonyl (C=O) groups excluding carboxylic acids is 1. The zero-order chi connectivity index (χ0) is 22.0. The number of halogens is 2. The summed E-state index contributed by atoms with van der Waals surface area (Å²) in [6, 6.07) is 10.2. The Morgan fingerprint density at radius 3 is 2.65 bits per heavy atom. The Labute approximate surface area is 180 Å². The molecular weight excluding hydrogens is 400 g/mol. The number of hydrogen-bond acceptors (Lipinski definition) is 6. The first-order chi connectivity index (χ1) is 15.0. The number of aldehydes is 1. The predicted molar refractivity (Wildman–Crippen MR) is 120 cm³/mol. The normalized spacial score (nSPS) is 14.6. The highest BCUT2D eigenvalue weighted by atomic mass is 19.1. The number of alkyl halides is 1. The highest BCUT2D eigenvalue weighted by Gasteiger charge is 2.20. The molecule has 162 valence electrons. The lowest BCUT2D eigenvalue weighted by Gasteiger charge is -2.34. The maximum Gasteiger partial charge on any atom is 0.153 e. The number of carbonyl (C=O) groups is 1. The van der Waals surface area contributed by atoms with Gasteiger partial charge < -0.3 is 9.80 Å². The lowest BCUT2D eigenvalue weighted by Crippen LogP contribution is -2.44. The summed E-state index contributed by atoms with van der Waals surface area (Å²) in [6.07, 6.45) is 2.15. The summed E-state index contributed by atoms with van der Waals surface area (Å²) < 4.78 is 28.5. The molecule has 0 aliphatic carbocycles. The third-order valence-corrected chi connectivity index (χ3v) is 5.71. The zero-order valence-electron chi connectivity index (χ0n) is 17.6. The first kappa shape index (κ1) is 21.0. The molecule has 4 rings (SSSR count). The van der Waals surface area contributed by atoms with Gasteiger partial charge in [0.15, 0.2) is 6.29 Å². The molecule has 0 amide bonds. The van der Waals surface area contributed by atoms with Crippen molar-refractivity contribution in [2.45, 2.75) is 6.67 Å². The van der Waals surface area contributed by atoms with Gasteiger partial charge in [0.2, 0.25) is 0 Å². The van der Waals surface area contributed by atoms with Crippen molar-refractivity contribution in [3.05, 3.63) is 59.5 Å². The number of likely N-dealkylation sites (N-methyl/N-ethyl adjacent to an activating group) is 1. The van der Waals surface area contributed by atoms with Gasteiger partial charge >= 0.3 is 0 Å². The minimum Gasteiger partial charge on any atom is -0.367 e. The van der Waals surface area contributed by atoms with E-state index in [9.17, 15) is 9.18 Å².